The maximum Gasteiger partial charge on any atom is 0.137 e. The molecule has 0 aliphatic rings. The first kappa shape index (κ1) is 15.3. The van der Waals surface area contributed by atoms with Crippen LogP contribution in [0.1, 0.15) is 58.3 Å². The molecule has 0 saturated heterocycles. The summed E-state index contributed by atoms with van der Waals surface area (Å²) >= 11 is 5.70. The van der Waals surface area contributed by atoms with Crippen LogP contribution in [0.2, 0.25) is 5.15 Å². The SMILES string of the molecule is CCCCCCCCCCOc1ccc(Cl)nc1. The minimum absolute atomic E-state index is 0.509. The minimum atomic E-state index is 0.509. The molecule has 3 heteroatoms. The van der Waals surface area contributed by atoms with Gasteiger partial charge in [-0.05, 0) is 18.6 Å². The summed E-state index contributed by atoms with van der Waals surface area (Å²) < 4.78 is 5.58. The number of pyridine rings is 1. The Kier molecular flexibility index (Phi) is 8.66. The summed E-state index contributed by atoms with van der Waals surface area (Å²) in [7, 11) is 0. The highest BCUT2D eigenvalue weighted by atomic mass is 35.5. The fourth-order valence-corrected chi connectivity index (χ4v) is 1.99. The number of halogens is 1. The van der Waals surface area contributed by atoms with Gasteiger partial charge in [-0.1, -0.05) is 63.5 Å². The Hall–Kier alpha value is -0.760. The van der Waals surface area contributed by atoms with Crippen molar-refractivity contribution < 1.29 is 4.74 Å². The van der Waals surface area contributed by atoms with Gasteiger partial charge in [0.1, 0.15) is 10.9 Å². The third-order valence-corrected chi connectivity index (χ3v) is 3.19. The summed E-state index contributed by atoms with van der Waals surface area (Å²) in [4.78, 5) is 3.98. The van der Waals surface area contributed by atoms with Crippen molar-refractivity contribution in [2.45, 2.75) is 58.3 Å². The van der Waals surface area contributed by atoms with E-state index in [4.69, 9.17) is 16.3 Å². The number of nitrogens with zero attached hydrogens (tertiary/aromatic N) is 1. The van der Waals surface area contributed by atoms with E-state index in [2.05, 4.69) is 11.9 Å². The Morgan fingerprint density at radius 3 is 2.28 bits per heavy atom. The lowest BCUT2D eigenvalue weighted by atomic mass is 10.1. The molecule has 0 saturated carbocycles. The zero-order chi connectivity index (χ0) is 13.1. The lowest BCUT2D eigenvalue weighted by Gasteiger charge is -2.05. The van der Waals surface area contributed by atoms with E-state index in [9.17, 15) is 0 Å². The Morgan fingerprint density at radius 1 is 1.00 bits per heavy atom. The second-order valence-corrected chi connectivity index (χ2v) is 5.03. The van der Waals surface area contributed by atoms with E-state index in [1.165, 1.54) is 44.9 Å². The molecule has 1 aromatic rings. The normalized spacial score (nSPS) is 10.6. The molecule has 0 spiro atoms. The van der Waals surface area contributed by atoms with Gasteiger partial charge in [0.25, 0.3) is 0 Å². The fourth-order valence-electron chi connectivity index (χ4n) is 1.87. The van der Waals surface area contributed by atoms with E-state index in [1.54, 1.807) is 12.3 Å². The average Bonchev–Trinajstić information content (AvgIpc) is 2.39. The summed E-state index contributed by atoms with van der Waals surface area (Å²) in [6.45, 7) is 3.03. The molecule has 1 aromatic heterocycles. The molecule has 2 nitrogen and oxygen atoms in total. The van der Waals surface area contributed by atoms with Gasteiger partial charge in [-0.3, -0.25) is 0 Å². The first-order valence-electron chi connectivity index (χ1n) is 7.07. The maximum atomic E-state index is 5.70. The van der Waals surface area contributed by atoms with Gasteiger partial charge in [-0.25, -0.2) is 4.98 Å². The van der Waals surface area contributed by atoms with Gasteiger partial charge in [-0.2, -0.15) is 0 Å². The van der Waals surface area contributed by atoms with Crippen LogP contribution in [0, 0.1) is 0 Å². The van der Waals surface area contributed by atoms with Crippen molar-refractivity contribution in [1.29, 1.82) is 0 Å². The van der Waals surface area contributed by atoms with Crippen LogP contribution in [-0.4, -0.2) is 11.6 Å². The number of hydrogen-bond acceptors (Lipinski definition) is 2. The van der Waals surface area contributed by atoms with Gasteiger partial charge in [0.15, 0.2) is 0 Å². The molecule has 0 aromatic carbocycles. The predicted octanol–water partition coefficient (Wildman–Crippen LogP) is 5.25. The van der Waals surface area contributed by atoms with E-state index >= 15 is 0 Å². The van der Waals surface area contributed by atoms with Gasteiger partial charge in [0.2, 0.25) is 0 Å². The van der Waals surface area contributed by atoms with Crippen LogP contribution in [0.5, 0.6) is 5.75 Å². The summed E-state index contributed by atoms with van der Waals surface area (Å²) in [6.07, 6.45) is 12.2. The van der Waals surface area contributed by atoms with Gasteiger partial charge in [0, 0.05) is 0 Å². The van der Waals surface area contributed by atoms with Gasteiger partial charge >= 0.3 is 0 Å². The highest BCUT2D eigenvalue weighted by Gasteiger charge is 1.95. The van der Waals surface area contributed by atoms with Crippen LogP contribution in [0.4, 0.5) is 0 Å². The number of unbranched alkanes of at least 4 members (excludes halogenated alkanes) is 7. The van der Waals surface area contributed by atoms with Crippen molar-refractivity contribution in [2.75, 3.05) is 6.61 Å². The van der Waals surface area contributed by atoms with E-state index in [1.807, 2.05) is 6.07 Å². The zero-order valence-corrected chi connectivity index (χ0v) is 12.1. The van der Waals surface area contributed by atoms with Crippen LogP contribution in [0.15, 0.2) is 18.3 Å². The smallest absolute Gasteiger partial charge is 0.137 e. The third kappa shape index (κ3) is 7.54. The largest absolute Gasteiger partial charge is 0.492 e. The van der Waals surface area contributed by atoms with Crippen LogP contribution in [-0.2, 0) is 0 Å². The number of rotatable bonds is 10. The first-order valence-corrected chi connectivity index (χ1v) is 7.45. The molecular formula is C15H24ClNO. The van der Waals surface area contributed by atoms with Crippen molar-refractivity contribution in [1.82, 2.24) is 4.98 Å². The molecule has 0 fully saturated rings. The molecule has 0 bridgehead atoms. The molecule has 0 unspecified atom stereocenters. The quantitative estimate of drug-likeness (QED) is 0.427. The van der Waals surface area contributed by atoms with Crippen LogP contribution in [0.25, 0.3) is 0 Å². The highest BCUT2D eigenvalue weighted by molar-refractivity contribution is 6.29. The second-order valence-electron chi connectivity index (χ2n) is 4.64. The highest BCUT2D eigenvalue weighted by Crippen LogP contribution is 2.13. The molecule has 1 heterocycles. The van der Waals surface area contributed by atoms with E-state index < -0.39 is 0 Å². The zero-order valence-electron chi connectivity index (χ0n) is 11.3. The van der Waals surface area contributed by atoms with Crippen molar-refractivity contribution in [3.63, 3.8) is 0 Å². The van der Waals surface area contributed by atoms with Crippen molar-refractivity contribution in [3.8, 4) is 5.75 Å². The van der Waals surface area contributed by atoms with Crippen molar-refractivity contribution in [3.05, 3.63) is 23.5 Å². The first-order chi connectivity index (χ1) is 8.83. The summed E-state index contributed by atoms with van der Waals surface area (Å²) in [5.41, 5.74) is 0. The maximum absolute atomic E-state index is 5.70. The Morgan fingerprint density at radius 2 is 1.67 bits per heavy atom. The van der Waals surface area contributed by atoms with E-state index in [-0.39, 0.29) is 0 Å². The van der Waals surface area contributed by atoms with Gasteiger partial charge in [0.05, 0.1) is 12.8 Å². The molecule has 0 atom stereocenters. The van der Waals surface area contributed by atoms with Crippen LogP contribution in [0.3, 0.4) is 0 Å². The number of aromatic nitrogens is 1. The fraction of sp³-hybridized carbons (Fsp3) is 0.667. The van der Waals surface area contributed by atoms with Crippen LogP contribution < -0.4 is 4.74 Å². The van der Waals surface area contributed by atoms with Gasteiger partial charge < -0.3 is 4.74 Å². The van der Waals surface area contributed by atoms with E-state index in [0.717, 1.165) is 18.8 Å². The Bertz CT molecular complexity index is 300. The predicted molar refractivity (Wildman–Crippen MR) is 77.4 cm³/mol. The van der Waals surface area contributed by atoms with Crippen LogP contribution >= 0.6 is 11.6 Å². The lowest BCUT2D eigenvalue weighted by molar-refractivity contribution is 0.303. The lowest BCUT2D eigenvalue weighted by Crippen LogP contribution is -1.97. The molecule has 1 rings (SSSR count). The summed E-state index contributed by atoms with van der Waals surface area (Å²) in [5.74, 6) is 0.808. The van der Waals surface area contributed by atoms with Crippen molar-refractivity contribution >= 4 is 11.6 Å². The summed E-state index contributed by atoms with van der Waals surface area (Å²) in [5, 5.41) is 0.509. The minimum Gasteiger partial charge on any atom is -0.492 e. The molecule has 0 radical (unpaired) electrons. The third-order valence-electron chi connectivity index (χ3n) is 2.97. The Labute approximate surface area is 116 Å². The molecule has 102 valence electrons. The molecular weight excluding hydrogens is 246 g/mol. The topological polar surface area (TPSA) is 22.1 Å². The molecule has 0 N–H and O–H groups in total. The van der Waals surface area contributed by atoms with Crippen molar-refractivity contribution in [2.24, 2.45) is 0 Å². The number of hydrogen-bond donors (Lipinski definition) is 0. The molecule has 0 aliphatic heterocycles. The second kappa shape index (κ2) is 10.2. The number of ether oxygens (including phenoxy) is 1. The molecule has 18 heavy (non-hydrogen) atoms. The average molecular weight is 270 g/mol. The Balaban J connectivity index is 1.91. The van der Waals surface area contributed by atoms with Gasteiger partial charge in [-0.15, -0.1) is 0 Å². The summed E-state index contributed by atoms with van der Waals surface area (Å²) in [6, 6.07) is 3.62. The standard InChI is InChI=1S/C15H24ClNO/c1-2-3-4-5-6-7-8-9-12-18-14-10-11-15(16)17-13-14/h10-11,13H,2-9,12H2,1H3. The molecule has 0 amide bonds. The molecule has 0 aliphatic carbocycles. The monoisotopic (exact) mass is 269 g/mol. The van der Waals surface area contributed by atoms with E-state index in [0.29, 0.717) is 5.15 Å².